The van der Waals surface area contributed by atoms with Crippen molar-refractivity contribution in [3.63, 3.8) is 0 Å². The van der Waals surface area contributed by atoms with Crippen LogP contribution in [-0.2, 0) is 9.59 Å². The standard InChI is InChI=1S/C24H25NO6/c1-3-4-10-20(24(28)29)25-23(27)15(2)30-17-11-12-18-19(16-8-6-5-7-9-16)14-22(26)31-21(18)13-17/h5-9,11-15,20H,3-4,10H2,1-2H3,(H,25,27)(H,28,29)/t15-,20+/m0/s1. The van der Waals surface area contributed by atoms with E-state index in [1.165, 1.54) is 13.0 Å². The number of carbonyl (C=O) groups is 2. The van der Waals surface area contributed by atoms with Gasteiger partial charge in [-0.2, -0.15) is 0 Å². The molecule has 1 aromatic heterocycles. The zero-order valence-electron chi connectivity index (χ0n) is 17.5. The van der Waals surface area contributed by atoms with Crippen LogP contribution in [0.2, 0.25) is 0 Å². The number of benzene rings is 2. The SMILES string of the molecule is CCCC[C@@H](NC(=O)[C@H](C)Oc1ccc2c(-c3ccccc3)cc(=O)oc2c1)C(=O)O. The number of hydrogen-bond donors (Lipinski definition) is 2. The van der Waals surface area contributed by atoms with Crippen LogP contribution in [0.15, 0.2) is 63.8 Å². The average Bonchev–Trinajstić information content (AvgIpc) is 2.76. The molecule has 2 N–H and O–H groups in total. The maximum atomic E-state index is 12.4. The predicted molar refractivity (Wildman–Crippen MR) is 117 cm³/mol. The lowest BCUT2D eigenvalue weighted by atomic mass is 10.0. The summed E-state index contributed by atoms with van der Waals surface area (Å²) in [5.41, 5.74) is 1.47. The fourth-order valence-electron chi connectivity index (χ4n) is 3.29. The van der Waals surface area contributed by atoms with Crippen molar-refractivity contribution < 1.29 is 23.8 Å². The molecule has 0 saturated heterocycles. The minimum atomic E-state index is -1.07. The lowest BCUT2D eigenvalue weighted by molar-refractivity contribution is -0.143. The van der Waals surface area contributed by atoms with E-state index in [1.807, 2.05) is 37.3 Å². The molecule has 0 radical (unpaired) electrons. The highest BCUT2D eigenvalue weighted by Crippen LogP contribution is 2.29. The van der Waals surface area contributed by atoms with Crippen molar-refractivity contribution in [1.82, 2.24) is 5.32 Å². The van der Waals surface area contributed by atoms with E-state index in [0.717, 1.165) is 22.9 Å². The van der Waals surface area contributed by atoms with Crippen LogP contribution in [0.1, 0.15) is 33.1 Å². The van der Waals surface area contributed by atoms with Crippen molar-refractivity contribution in [2.75, 3.05) is 0 Å². The number of fused-ring (bicyclic) bond motifs is 1. The van der Waals surface area contributed by atoms with Gasteiger partial charge >= 0.3 is 11.6 Å². The lowest BCUT2D eigenvalue weighted by Crippen LogP contribution is -2.46. The number of amides is 1. The maximum absolute atomic E-state index is 12.4. The van der Waals surface area contributed by atoms with Crippen molar-refractivity contribution in [2.24, 2.45) is 0 Å². The summed E-state index contributed by atoms with van der Waals surface area (Å²) in [7, 11) is 0. The van der Waals surface area contributed by atoms with E-state index in [1.54, 1.807) is 18.2 Å². The summed E-state index contributed by atoms with van der Waals surface area (Å²) in [6, 6.07) is 15.0. The number of carboxylic acids is 1. The molecular formula is C24H25NO6. The third-order valence-corrected chi connectivity index (χ3v) is 4.94. The van der Waals surface area contributed by atoms with Crippen LogP contribution in [-0.4, -0.2) is 29.1 Å². The Kier molecular flexibility index (Phi) is 7.07. The summed E-state index contributed by atoms with van der Waals surface area (Å²) in [5, 5.41) is 12.5. The molecule has 0 spiro atoms. The van der Waals surface area contributed by atoms with E-state index in [4.69, 9.17) is 9.15 Å². The molecule has 0 fully saturated rings. The highest BCUT2D eigenvalue weighted by atomic mass is 16.5. The van der Waals surface area contributed by atoms with Crippen LogP contribution < -0.4 is 15.7 Å². The Morgan fingerprint density at radius 2 is 1.87 bits per heavy atom. The number of unbranched alkanes of at least 4 members (excludes halogenated alkanes) is 1. The van der Waals surface area contributed by atoms with Gasteiger partial charge in [0.2, 0.25) is 0 Å². The first-order valence-corrected chi connectivity index (χ1v) is 10.2. The molecule has 0 aliphatic carbocycles. The zero-order chi connectivity index (χ0) is 22.4. The van der Waals surface area contributed by atoms with Gasteiger partial charge in [-0.3, -0.25) is 4.79 Å². The molecule has 7 nitrogen and oxygen atoms in total. The molecule has 162 valence electrons. The van der Waals surface area contributed by atoms with Gasteiger partial charge in [0.05, 0.1) is 0 Å². The Bertz CT molecular complexity index is 1120. The van der Waals surface area contributed by atoms with Crippen molar-refractivity contribution >= 4 is 22.8 Å². The topological polar surface area (TPSA) is 106 Å². The van der Waals surface area contributed by atoms with E-state index in [-0.39, 0.29) is 0 Å². The largest absolute Gasteiger partial charge is 0.481 e. The molecule has 3 rings (SSSR count). The molecule has 0 aliphatic rings. The van der Waals surface area contributed by atoms with Gasteiger partial charge in [0.1, 0.15) is 17.4 Å². The van der Waals surface area contributed by atoms with Gasteiger partial charge < -0.3 is 19.6 Å². The number of ether oxygens (including phenoxy) is 1. The van der Waals surface area contributed by atoms with Gasteiger partial charge in [0.25, 0.3) is 5.91 Å². The van der Waals surface area contributed by atoms with Gasteiger partial charge in [0, 0.05) is 17.5 Å². The molecule has 31 heavy (non-hydrogen) atoms. The first-order valence-electron chi connectivity index (χ1n) is 10.2. The molecule has 0 bridgehead atoms. The van der Waals surface area contributed by atoms with Crippen molar-refractivity contribution in [2.45, 2.75) is 45.3 Å². The van der Waals surface area contributed by atoms with Gasteiger partial charge in [0.15, 0.2) is 6.10 Å². The molecule has 2 aromatic carbocycles. The van der Waals surface area contributed by atoms with Crippen LogP contribution in [0.3, 0.4) is 0 Å². The van der Waals surface area contributed by atoms with Gasteiger partial charge in [-0.15, -0.1) is 0 Å². The molecule has 0 saturated carbocycles. The van der Waals surface area contributed by atoms with E-state index in [2.05, 4.69) is 5.32 Å². The van der Waals surface area contributed by atoms with Gasteiger partial charge in [-0.05, 0) is 36.6 Å². The summed E-state index contributed by atoms with van der Waals surface area (Å²) in [6.07, 6.45) is 0.956. The second-order valence-corrected chi connectivity index (χ2v) is 7.30. The third-order valence-electron chi connectivity index (χ3n) is 4.94. The Labute approximate surface area is 179 Å². The molecule has 1 heterocycles. The molecule has 0 unspecified atom stereocenters. The van der Waals surface area contributed by atoms with Crippen molar-refractivity contribution in [3.05, 3.63) is 65.0 Å². The van der Waals surface area contributed by atoms with E-state index >= 15 is 0 Å². The normalized spacial score (nSPS) is 12.8. The lowest BCUT2D eigenvalue weighted by Gasteiger charge is -2.19. The number of hydrogen-bond acceptors (Lipinski definition) is 5. The smallest absolute Gasteiger partial charge is 0.336 e. The maximum Gasteiger partial charge on any atom is 0.336 e. The Hall–Kier alpha value is -3.61. The predicted octanol–water partition coefficient (Wildman–Crippen LogP) is 3.99. The number of carbonyl (C=O) groups excluding carboxylic acids is 1. The van der Waals surface area contributed by atoms with Crippen LogP contribution in [0.25, 0.3) is 22.1 Å². The van der Waals surface area contributed by atoms with Crippen molar-refractivity contribution in [3.8, 4) is 16.9 Å². The second-order valence-electron chi connectivity index (χ2n) is 7.30. The fourth-order valence-corrected chi connectivity index (χ4v) is 3.29. The monoisotopic (exact) mass is 423 g/mol. The first kappa shape index (κ1) is 22.1. The summed E-state index contributed by atoms with van der Waals surface area (Å²) < 4.78 is 11.0. The number of rotatable bonds is 9. The Morgan fingerprint density at radius 3 is 2.55 bits per heavy atom. The van der Waals surface area contributed by atoms with Crippen LogP contribution in [0.4, 0.5) is 0 Å². The molecule has 0 aliphatic heterocycles. The average molecular weight is 423 g/mol. The van der Waals surface area contributed by atoms with Gasteiger partial charge in [-0.25, -0.2) is 9.59 Å². The molecular weight excluding hydrogens is 398 g/mol. The molecule has 2 atom stereocenters. The quantitative estimate of drug-likeness (QED) is 0.504. The van der Waals surface area contributed by atoms with E-state index in [0.29, 0.717) is 24.2 Å². The van der Waals surface area contributed by atoms with Crippen LogP contribution in [0, 0.1) is 0 Å². The number of aliphatic carboxylic acids is 1. The summed E-state index contributed by atoms with van der Waals surface area (Å²) in [5.74, 6) is -1.26. The fraction of sp³-hybridized carbons (Fsp3) is 0.292. The minimum Gasteiger partial charge on any atom is -0.481 e. The van der Waals surface area contributed by atoms with Crippen LogP contribution in [0.5, 0.6) is 5.75 Å². The van der Waals surface area contributed by atoms with E-state index in [9.17, 15) is 19.5 Å². The first-order chi connectivity index (χ1) is 14.9. The number of carboxylic acid groups (broad SMARTS) is 1. The Balaban J connectivity index is 1.80. The number of nitrogens with one attached hydrogen (secondary N) is 1. The van der Waals surface area contributed by atoms with Crippen LogP contribution >= 0.6 is 0 Å². The van der Waals surface area contributed by atoms with Crippen molar-refractivity contribution in [1.29, 1.82) is 0 Å². The highest BCUT2D eigenvalue weighted by molar-refractivity contribution is 5.94. The minimum absolute atomic E-state index is 0.336. The summed E-state index contributed by atoms with van der Waals surface area (Å²) >= 11 is 0. The third kappa shape index (κ3) is 5.51. The molecule has 3 aromatic rings. The van der Waals surface area contributed by atoms with E-state index < -0.39 is 29.6 Å². The zero-order valence-corrected chi connectivity index (χ0v) is 17.5. The summed E-state index contributed by atoms with van der Waals surface area (Å²) in [4.78, 5) is 35.8. The molecule has 7 heteroatoms. The van der Waals surface area contributed by atoms with Gasteiger partial charge in [-0.1, -0.05) is 50.1 Å². The second kappa shape index (κ2) is 9.93. The Morgan fingerprint density at radius 1 is 1.13 bits per heavy atom. The highest BCUT2D eigenvalue weighted by Gasteiger charge is 2.23. The summed E-state index contributed by atoms with van der Waals surface area (Å²) in [6.45, 7) is 3.49. The molecule has 1 amide bonds.